The minimum atomic E-state index is -1.02. The molecule has 9 nitrogen and oxygen atoms in total. The third-order valence-electron chi connectivity index (χ3n) is 8.12. The summed E-state index contributed by atoms with van der Waals surface area (Å²) in [5.41, 5.74) is 4.44. The number of halogens is 4. The van der Waals surface area contributed by atoms with E-state index in [0.717, 1.165) is 30.7 Å². The fourth-order valence-electron chi connectivity index (χ4n) is 6.28. The first kappa shape index (κ1) is 25.6. The second-order valence-electron chi connectivity index (χ2n) is 10.6. The molecule has 6 heterocycles. The average Bonchev–Trinajstić information content (AvgIpc) is 3.60. The summed E-state index contributed by atoms with van der Waals surface area (Å²) in [6.45, 7) is 3.98. The summed E-state index contributed by atoms with van der Waals surface area (Å²) in [6.07, 6.45) is 2.57. The van der Waals surface area contributed by atoms with E-state index in [1.165, 1.54) is 6.20 Å². The van der Waals surface area contributed by atoms with Gasteiger partial charge in [0.05, 0.1) is 26.7 Å². The number of hydrogen-bond acceptors (Lipinski definition) is 10. The van der Waals surface area contributed by atoms with Gasteiger partial charge in [0.25, 0.3) is 0 Å². The van der Waals surface area contributed by atoms with Crippen molar-refractivity contribution in [3.63, 3.8) is 0 Å². The van der Waals surface area contributed by atoms with Crippen LogP contribution in [-0.2, 0) is 0 Å². The molecule has 0 aliphatic carbocycles. The topological polar surface area (TPSA) is 105 Å². The standard InChI is InChI=1S/C26H26F4N8OS/c27-13-9-26(2-1-5-38(26)11-13)12-39-25-35-19-14(23(36-25)37-6-3-32-4-7-37)10-33-20(18(19)30)17-15(28)8-16(29)22-21(17)34-24(31)40-22/h8,10,13,32H,1-7,9,11-12H2,(H2,31,34)/t13?,26-/m0/s1. The smallest absolute Gasteiger partial charge is 0.319 e. The van der Waals surface area contributed by atoms with Crippen LogP contribution in [0.4, 0.5) is 28.5 Å². The molecule has 210 valence electrons. The number of hydrogen-bond donors (Lipinski definition) is 2. The Kier molecular flexibility index (Phi) is 6.16. The molecule has 0 spiro atoms. The summed E-state index contributed by atoms with van der Waals surface area (Å²) >= 11 is 0.841. The number of nitrogens with two attached hydrogens (primary N) is 1. The van der Waals surface area contributed by atoms with E-state index in [-0.39, 0.29) is 44.7 Å². The Morgan fingerprint density at radius 3 is 2.75 bits per heavy atom. The molecule has 1 aromatic carbocycles. The normalized spacial score (nSPS) is 23.4. The molecule has 2 atom stereocenters. The maximum Gasteiger partial charge on any atom is 0.319 e. The molecule has 3 aromatic heterocycles. The van der Waals surface area contributed by atoms with Crippen molar-refractivity contribution >= 4 is 43.4 Å². The number of pyridine rings is 1. The number of piperazine rings is 1. The van der Waals surface area contributed by atoms with Crippen molar-refractivity contribution in [3.8, 4) is 17.3 Å². The van der Waals surface area contributed by atoms with Crippen LogP contribution in [0.25, 0.3) is 32.4 Å². The number of rotatable bonds is 5. The Bertz CT molecular complexity index is 1630. The van der Waals surface area contributed by atoms with Crippen LogP contribution in [0.3, 0.4) is 0 Å². The predicted octanol–water partition coefficient (Wildman–Crippen LogP) is 3.67. The van der Waals surface area contributed by atoms with Gasteiger partial charge in [-0.15, -0.1) is 0 Å². The summed E-state index contributed by atoms with van der Waals surface area (Å²) in [5.74, 6) is -2.33. The van der Waals surface area contributed by atoms with Crippen molar-refractivity contribution < 1.29 is 22.3 Å². The molecule has 0 amide bonds. The SMILES string of the molecule is Nc1nc2c(-c3ncc4c(N5CCNCC5)nc(OC[C@@]56CCCN5CC(F)C6)nc4c3F)c(F)cc(F)c2s1. The summed E-state index contributed by atoms with van der Waals surface area (Å²) in [5, 5.41) is 3.62. The zero-order valence-corrected chi connectivity index (χ0v) is 22.2. The number of anilines is 2. The maximum absolute atomic E-state index is 16.3. The van der Waals surface area contributed by atoms with Crippen LogP contribution in [0.2, 0.25) is 0 Å². The molecule has 4 aromatic rings. The fourth-order valence-corrected chi connectivity index (χ4v) is 7.03. The number of fused-ring (bicyclic) bond motifs is 3. The number of aromatic nitrogens is 4. The van der Waals surface area contributed by atoms with E-state index in [1.807, 2.05) is 4.90 Å². The molecule has 0 saturated carbocycles. The van der Waals surface area contributed by atoms with Gasteiger partial charge in [-0.25, -0.2) is 22.5 Å². The van der Waals surface area contributed by atoms with E-state index in [9.17, 15) is 8.78 Å². The number of alkyl halides is 1. The Hall–Kier alpha value is -3.36. The zero-order valence-electron chi connectivity index (χ0n) is 21.4. The second-order valence-corrected chi connectivity index (χ2v) is 11.6. The van der Waals surface area contributed by atoms with Crippen molar-refractivity contribution in [2.24, 2.45) is 0 Å². The van der Waals surface area contributed by atoms with Gasteiger partial charge in [0.2, 0.25) is 0 Å². The van der Waals surface area contributed by atoms with Crippen LogP contribution in [-0.4, -0.2) is 82.4 Å². The van der Waals surface area contributed by atoms with Gasteiger partial charge in [0, 0.05) is 51.4 Å². The van der Waals surface area contributed by atoms with E-state index >= 15 is 8.78 Å². The lowest BCUT2D eigenvalue weighted by molar-refractivity contribution is 0.107. The number of thiazole rings is 1. The summed E-state index contributed by atoms with van der Waals surface area (Å²) in [4.78, 5) is 21.4. The number of nitrogens with zero attached hydrogens (tertiary/aromatic N) is 6. The number of nitrogens with one attached hydrogen (secondary N) is 1. The first-order valence-electron chi connectivity index (χ1n) is 13.2. The monoisotopic (exact) mass is 574 g/mol. The average molecular weight is 575 g/mol. The lowest BCUT2D eigenvalue weighted by Gasteiger charge is -2.31. The van der Waals surface area contributed by atoms with E-state index in [4.69, 9.17) is 10.5 Å². The molecule has 0 bridgehead atoms. The molecule has 14 heteroatoms. The van der Waals surface area contributed by atoms with Crippen LogP contribution in [0.1, 0.15) is 19.3 Å². The second kappa shape index (κ2) is 9.63. The quantitative estimate of drug-likeness (QED) is 0.346. The molecule has 3 fully saturated rings. The van der Waals surface area contributed by atoms with Gasteiger partial charge < -0.3 is 20.7 Å². The molecular weight excluding hydrogens is 548 g/mol. The van der Waals surface area contributed by atoms with E-state index < -0.39 is 29.2 Å². The lowest BCUT2D eigenvalue weighted by atomic mass is 9.95. The molecule has 1 unspecified atom stereocenters. The minimum Gasteiger partial charge on any atom is -0.461 e. The van der Waals surface area contributed by atoms with Gasteiger partial charge in [-0.2, -0.15) is 9.97 Å². The Labute approximate surface area is 230 Å². The summed E-state index contributed by atoms with van der Waals surface area (Å²) < 4.78 is 66.2. The highest BCUT2D eigenvalue weighted by Crippen LogP contribution is 2.41. The third kappa shape index (κ3) is 4.11. The lowest BCUT2D eigenvalue weighted by Crippen LogP contribution is -2.44. The van der Waals surface area contributed by atoms with Gasteiger partial charge in [0.15, 0.2) is 10.9 Å². The van der Waals surface area contributed by atoms with Gasteiger partial charge in [-0.1, -0.05) is 11.3 Å². The van der Waals surface area contributed by atoms with Crippen molar-refractivity contribution in [2.45, 2.75) is 31.0 Å². The van der Waals surface area contributed by atoms with Crippen molar-refractivity contribution in [2.75, 3.05) is 56.5 Å². The summed E-state index contributed by atoms with van der Waals surface area (Å²) in [6, 6.07) is 0.622. The molecule has 7 rings (SSSR count). The number of ether oxygens (including phenoxy) is 1. The van der Waals surface area contributed by atoms with E-state index in [0.29, 0.717) is 56.4 Å². The van der Waals surface area contributed by atoms with Gasteiger partial charge in [-0.05, 0) is 19.4 Å². The molecule has 3 aliphatic heterocycles. The zero-order chi connectivity index (χ0) is 27.6. The van der Waals surface area contributed by atoms with Crippen molar-refractivity contribution in [1.82, 2.24) is 30.2 Å². The largest absolute Gasteiger partial charge is 0.461 e. The highest BCUT2D eigenvalue weighted by molar-refractivity contribution is 7.22. The van der Waals surface area contributed by atoms with Crippen molar-refractivity contribution in [1.29, 1.82) is 0 Å². The molecule has 0 radical (unpaired) electrons. The van der Waals surface area contributed by atoms with Gasteiger partial charge in [0.1, 0.15) is 41.4 Å². The van der Waals surface area contributed by atoms with Crippen molar-refractivity contribution in [3.05, 3.63) is 29.7 Å². The molecular formula is C26H26F4N8OS. The molecule has 3 N–H and O–H groups in total. The highest BCUT2D eigenvalue weighted by Gasteiger charge is 2.49. The number of benzene rings is 1. The molecule has 3 aliphatic rings. The minimum absolute atomic E-state index is 0.00603. The highest BCUT2D eigenvalue weighted by atomic mass is 32.1. The predicted molar refractivity (Wildman–Crippen MR) is 144 cm³/mol. The van der Waals surface area contributed by atoms with Gasteiger partial charge in [-0.3, -0.25) is 9.88 Å². The third-order valence-corrected chi connectivity index (χ3v) is 9.01. The summed E-state index contributed by atoms with van der Waals surface area (Å²) in [7, 11) is 0. The Morgan fingerprint density at radius 1 is 1.10 bits per heavy atom. The number of nitrogen functional groups attached to an aromatic ring is 1. The molecule has 3 saturated heterocycles. The fraction of sp³-hybridized carbons (Fsp3) is 0.462. The van der Waals surface area contributed by atoms with E-state index in [2.05, 4.69) is 30.2 Å². The van der Waals surface area contributed by atoms with Crippen LogP contribution in [0, 0.1) is 17.5 Å². The van der Waals surface area contributed by atoms with Gasteiger partial charge >= 0.3 is 6.01 Å². The van der Waals surface area contributed by atoms with Crippen LogP contribution in [0.5, 0.6) is 6.01 Å². The van der Waals surface area contributed by atoms with Crippen LogP contribution >= 0.6 is 11.3 Å². The molecule has 40 heavy (non-hydrogen) atoms. The first-order valence-corrected chi connectivity index (χ1v) is 14.0. The van der Waals surface area contributed by atoms with Crippen LogP contribution < -0.4 is 20.7 Å². The Balaban J connectivity index is 1.35. The van der Waals surface area contributed by atoms with E-state index in [1.54, 1.807) is 0 Å². The first-order chi connectivity index (χ1) is 19.3. The Morgan fingerprint density at radius 2 is 1.93 bits per heavy atom. The maximum atomic E-state index is 16.3. The van der Waals surface area contributed by atoms with Crippen LogP contribution in [0.15, 0.2) is 12.3 Å².